The zero-order valence-corrected chi connectivity index (χ0v) is 16.6. The molecule has 27 heavy (non-hydrogen) atoms. The summed E-state index contributed by atoms with van der Waals surface area (Å²) in [7, 11) is 1.68. The van der Waals surface area contributed by atoms with Crippen LogP contribution in [0, 0.1) is 6.92 Å². The van der Waals surface area contributed by atoms with Crippen molar-refractivity contribution in [2.24, 2.45) is 0 Å². The van der Waals surface area contributed by atoms with Gasteiger partial charge in [-0.3, -0.25) is 0 Å². The highest BCUT2D eigenvalue weighted by Gasteiger charge is 2.06. The maximum atomic E-state index is 5.95. The predicted octanol–water partition coefficient (Wildman–Crippen LogP) is 5.29. The first-order valence-corrected chi connectivity index (χ1v) is 8.84. The van der Waals surface area contributed by atoms with E-state index in [4.69, 9.17) is 9.47 Å². The maximum absolute atomic E-state index is 5.95. The van der Waals surface area contributed by atoms with Gasteiger partial charge < -0.3 is 14.8 Å². The van der Waals surface area contributed by atoms with E-state index in [0.717, 1.165) is 30.2 Å². The minimum atomic E-state index is 0. The number of ether oxygens (including phenoxy) is 2. The lowest BCUT2D eigenvalue weighted by Crippen LogP contribution is -2.12. The van der Waals surface area contributed by atoms with Crippen LogP contribution in [0.4, 0.5) is 0 Å². The van der Waals surface area contributed by atoms with E-state index < -0.39 is 0 Å². The Labute approximate surface area is 167 Å². The smallest absolute Gasteiger partial charge is 0.161 e. The lowest BCUT2D eigenvalue weighted by molar-refractivity contribution is 0.284. The van der Waals surface area contributed by atoms with Crippen molar-refractivity contribution in [3.63, 3.8) is 0 Å². The van der Waals surface area contributed by atoms with Crippen molar-refractivity contribution >= 4 is 12.4 Å². The number of methoxy groups -OCH3 is 1. The van der Waals surface area contributed by atoms with Crippen molar-refractivity contribution < 1.29 is 9.47 Å². The van der Waals surface area contributed by atoms with Crippen molar-refractivity contribution in [2.45, 2.75) is 26.6 Å². The van der Waals surface area contributed by atoms with Gasteiger partial charge in [-0.25, -0.2) is 0 Å². The van der Waals surface area contributed by atoms with Crippen molar-refractivity contribution in [3.05, 3.63) is 95.1 Å². The van der Waals surface area contributed by atoms with Crippen LogP contribution >= 0.6 is 12.4 Å². The molecule has 0 atom stereocenters. The summed E-state index contributed by atoms with van der Waals surface area (Å²) >= 11 is 0. The largest absolute Gasteiger partial charge is 0.493 e. The summed E-state index contributed by atoms with van der Waals surface area (Å²) in [5, 5.41) is 3.46. The van der Waals surface area contributed by atoms with Gasteiger partial charge in [0, 0.05) is 13.1 Å². The van der Waals surface area contributed by atoms with E-state index in [1.807, 2.05) is 24.3 Å². The molecule has 4 heteroatoms. The quantitative estimate of drug-likeness (QED) is 0.573. The zero-order valence-electron chi connectivity index (χ0n) is 15.8. The molecule has 0 radical (unpaired) electrons. The van der Waals surface area contributed by atoms with Gasteiger partial charge in [0.25, 0.3) is 0 Å². The third kappa shape index (κ3) is 6.31. The summed E-state index contributed by atoms with van der Waals surface area (Å²) in [6, 6.07) is 24.8. The second-order valence-electron chi connectivity index (χ2n) is 6.35. The molecular weight excluding hydrogens is 358 g/mol. The van der Waals surface area contributed by atoms with Gasteiger partial charge in [0.2, 0.25) is 0 Å². The second kappa shape index (κ2) is 10.6. The average molecular weight is 384 g/mol. The fraction of sp³-hybridized carbons (Fsp3) is 0.217. The van der Waals surface area contributed by atoms with E-state index in [9.17, 15) is 0 Å². The Morgan fingerprint density at radius 2 is 1.48 bits per heavy atom. The molecule has 0 amide bonds. The number of rotatable bonds is 8. The van der Waals surface area contributed by atoms with Gasteiger partial charge in [-0.1, -0.05) is 66.2 Å². The molecule has 0 unspecified atom stereocenters. The van der Waals surface area contributed by atoms with Crippen LogP contribution in [0.15, 0.2) is 72.8 Å². The highest BCUT2D eigenvalue weighted by Crippen LogP contribution is 2.29. The molecule has 0 fully saturated rings. The second-order valence-corrected chi connectivity index (χ2v) is 6.35. The number of hydrogen-bond donors (Lipinski definition) is 1. The third-order valence-corrected chi connectivity index (χ3v) is 4.21. The third-order valence-electron chi connectivity index (χ3n) is 4.21. The van der Waals surface area contributed by atoms with Crippen LogP contribution in [-0.4, -0.2) is 7.11 Å². The molecule has 0 saturated carbocycles. The molecular formula is C23H26ClNO2. The van der Waals surface area contributed by atoms with Crippen LogP contribution in [0.1, 0.15) is 22.3 Å². The molecule has 3 nitrogen and oxygen atoms in total. The monoisotopic (exact) mass is 383 g/mol. The summed E-state index contributed by atoms with van der Waals surface area (Å²) in [6.45, 7) is 4.24. The molecule has 0 saturated heterocycles. The van der Waals surface area contributed by atoms with Gasteiger partial charge in [0.05, 0.1) is 7.11 Å². The van der Waals surface area contributed by atoms with E-state index in [0.29, 0.717) is 6.61 Å². The molecule has 142 valence electrons. The molecule has 3 aromatic rings. The van der Waals surface area contributed by atoms with Crippen molar-refractivity contribution in [2.75, 3.05) is 7.11 Å². The van der Waals surface area contributed by atoms with Crippen LogP contribution in [-0.2, 0) is 19.7 Å². The molecule has 1 N–H and O–H groups in total. The van der Waals surface area contributed by atoms with Gasteiger partial charge >= 0.3 is 0 Å². The van der Waals surface area contributed by atoms with Crippen LogP contribution < -0.4 is 14.8 Å². The Balaban J connectivity index is 0.00000261. The van der Waals surface area contributed by atoms with E-state index >= 15 is 0 Å². The van der Waals surface area contributed by atoms with E-state index in [2.05, 4.69) is 60.8 Å². The van der Waals surface area contributed by atoms with Crippen LogP contribution in [0.2, 0.25) is 0 Å². The summed E-state index contributed by atoms with van der Waals surface area (Å²) in [4.78, 5) is 0. The van der Waals surface area contributed by atoms with E-state index in [1.54, 1.807) is 7.11 Å². The summed E-state index contributed by atoms with van der Waals surface area (Å²) in [6.07, 6.45) is 0. The summed E-state index contributed by atoms with van der Waals surface area (Å²) < 4.78 is 11.5. The fourth-order valence-electron chi connectivity index (χ4n) is 2.85. The molecule has 0 aliphatic carbocycles. The lowest BCUT2D eigenvalue weighted by atomic mass is 10.1. The molecule has 3 rings (SSSR count). The highest BCUT2D eigenvalue weighted by molar-refractivity contribution is 5.85. The first kappa shape index (κ1) is 20.8. The topological polar surface area (TPSA) is 30.5 Å². The van der Waals surface area contributed by atoms with Gasteiger partial charge in [0.1, 0.15) is 6.61 Å². The van der Waals surface area contributed by atoms with Gasteiger partial charge in [-0.05, 0) is 35.7 Å². The Hall–Kier alpha value is -2.49. The molecule has 0 aliphatic heterocycles. The number of hydrogen-bond acceptors (Lipinski definition) is 3. The normalized spacial score (nSPS) is 10.1. The highest BCUT2D eigenvalue weighted by atomic mass is 35.5. The standard InChI is InChI=1S/C23H25NO2.ClH/c1-18-7-6-10-21(13-18)17-26-22-12-11-20(14-23(22)25-2)16-24-15-19-8-4-3-5-9-19;/h3-14,24H,15-17H2,1-2H3;1H. The van der Waals surface area contributed by atoms with Crippen molar-refractivity contribution in [1.82, 2.24) is 5.32 Å². The molecule has 0 bridgehead atoms. The molecule has 0 aliphatic rings. The average Bonchev–Trinajstić information content (AvgIpc) is 2.67. The Morgan fingerprint density at radius 3 is 2.22 bits per heavy atom. The predicted molar refractivity (Wildman–Crippen MR) is 113 cm³/mol. The molecule has 0 spiro atoms. The van der Waals surface area contributed by atoms with Crippen molar-refractivity contribution in [1.29, 1.82) is 0 Å². The summed E-state index contributed by atoms with van der Waals surface area (Å²) in [5.41, 5.74) is 4.83. The molecule has 0 heterocycles. The molecule has 0 aromatic heterocycles. The number of benzene rings is 3. The maximum Gasteiger partial charge on any atom is 0.161 e. The fourth-order valence-corrected chi connectivity index (χ4v) is 2.85. The number of nitrogens with one attached hydrogen (secondary N) is 1. The first-order valence-electron chi connectivity index (χ1n) is 8.84. The number of halogens is 1. The van der Waals surface area contributed by atoms with Gasteiger partial charge in [0.15, 0.2) is 11.5 Å². The van der Waals surface area contributed by atoms with Gasteiger partial charge in [-0.15, -0.1) is 12.4 Å². The van der Waals surface area contributed by atoms with E-state index in [1.165, 1.54) is 16.7 Å². The summed E-state index contributed by atoms with van der Waals surface area (Å²) in [5.74, 6) is 1.53. The molecule has 3 aromatic carbocycles. The van der Waals surface area contributed by atoms with Crippen LogP contribution in [0.5, 0.6) is 11.5 Å². The first-order chi connectivity index (χ1) is 12.7. The Bertz CT molecular complexity index is 837. The van der Waals surface area contributed by atoms with E-state index in [-0.39, 0.29) is 12.4 Å². The van der Waals surface area contributed by atoms with Crippen molar-refractivity contribution in [3.8, 4) is 11.5 Å². The minimum Gasteiger partial charge on any atom is -0.493 e. The zero-order chi connectivity index (χ0) is 18.2. The van der Waals surface area contributed by atoms with Crippen LogP contribution in [0.3, 0.4) is 0 Å². The number of aryl methyl sites for hydroxylation is 1. The van der Waals surface area contributed by atoms with Gasteiger partial charge in [-0.2, -0.15) is 0 Å². The SMILES string of the molecule is COc1cc(CNCc2ccccc2)ccc1OCc1cccc(C)c1.Cl. The Morgan fingerprint density at radius 1 is 0.741 bits per heavy atom. The Kier molecular flexibility index (Phi) is 8.18. The minimum absolute atomic E-state index is 0. The van der Waals surface area contributed by atoms with Crippen LogP contribution in [0.25, 0.3) is 0 Å². The lowest BCUT2D eigenvalue weighted by Gasteiger charge is -2.13.